The monoisotopic (exact) mass is 337 g/mol. The molecular weight excluding hydrogens is 321 g/mol. The Labute approximate surface area is 126 Å². The largest absolute Gasteiger partial charge is 0.392 e. The fourth-order valence-corrected chi connectivity index (χ4v) is 2.44. The van der Waals surface area contributed by atoms with Crippen LogP contribution in [0, 0.1) is 5.82 Å². The second-order valence-electron chi connectivity index (χ2n) is 4.75. The SMILES string of the molecule is CC(NCc1cccc(CO)c1)c1cc(Br)ccc1F. The molecule has 2 aromatic carbocycles. The molecule has 1 unspecified atom stereocenters. The topological polar surface area (TPSA) is 32.3 Å². The van der Waals surface area contributed by atoms with Gasteiger partial charge in [0.2, 0.25) is 0 Å². The van der Waals surface area contributed by atoms with E-state index in [1.165, 1.54) is 6.07 Å². The van der Waals surface area contributed by atoms with Crippen molar-refractivity contribution in [1.82, 2.24) is 5.32 Å². The van der Waals surface area contributed by atoms with E-state index in [1.807, 2.05) is 31.2 Å². The number of benzene rings is 2. The molecule has 2 rings (SSSR count). The minimum Gasteiger partial charge on any atom is -0.392 e. The van der Waals surface area contributed by atoms with Crippen LogP contribution in [-0.4, -0.2) is 5.11 Å². The van der Waals surface area contributed by atoms with E-state index in [4.69, 9.17) is 5.11 Å². The molecule has 0 aliphatic heterocycles. The third-order valence-electron chi connectivity index (χ3n) is 3.21. The summed E-state index contributed by atoms with van der Waals surface area (Å²) in [5.41, 5.74) is 2.59. The Bertz CT molecular complexity index is 588. The van der Waals surface area contributed by atoms with Gasteiger partial charge in [-0.25, -0.2) is 4.39 Å². The number of hydrogen-bond acceptors (Lipinski definition) is 2. The van der Waals surface area contributed by atoms with Gasteiger partial charge in [-0.15, -0.1) is 0 Å². The van der Waals surface area contributed by atoms with Crippen LogP contribution in [0.15, 0.2) is 46.9 Å². The van der Waals surface area contributed by atoms with Crippen molar-refractivity contribution in [3.63, 3.8) is 0 Å². The summed E-state index contributed by atoms with van der Waals surface area (Å²) in [6, 6.07) is 12.6. The van der Waals surface area contributed by atoms with E-state index < -0.39 is 0 Å². The molecule has 0 amide bonds. The highest BCUT2D eigenvalue weighted by atomic mass is 79.9. The van der Waals surface area contributed by atoms with Crippen LogP contribution in [0.25, 0.3) is 0 Å². The molecule has 0 aromatic heterocycles. The zero-order chi connectivity index (χ0) is 14.5. The van der Waals surface area contributed by atoms with E-state index in [1.54, 1.807) is 12.1 Å². The van der Waals surface area contributed by atoms with Gasteiger partial charge in [0.15, 0.2) is 0 Å². The van der Waals surface area contributed by atoms with Gasteiger partial charge in [0, 0.05) is 22.6 Å². The second kappa shape index (κ2) is 6.97. The summed E-state index contributed by atoms with van der Waals surface area (Å²) in [6.07, 6.45) is 0. The van der Waals surface area contributed by atoms with Gasteiger partial charge in [-0.2, -0.15) is 0 Å². The zero-order valence-electron chi connectivity index (χ0n) is 11.2. The molecule has 0 saturated heterocycles. The molecule has 0 spiro atoms. The maximum Gasteiger partial charge on any atom is 0.128 e. The first-order chi connectivity index (χ1) is 9.60. The molecule has 106 valence electrons. The Morgan fingerprint density at radius 3 is 2.70 bits per heavy atom. The van der Waals surface area contributed by atoms with Gasteiger partial charge in [0.25, 0.3) is 0 Å². The summed E-state index contributed by atoms with van der Waals surface area (Å²) in [5, 5.41) is 12.4. The van der Waals surface area contributed by atoms with Crippen LogP contribution in [0.4, 0.5) is 4.39 Å². The lowest BCUT2D eigenvalue weighted by molar-refractivity contribution is 0.281. The van der Waals surface area contributed by atoms with Gasteiger partial charge in [-0.05, 0) is 36.2 Å². The third-order valence-corrected chi connectivity index (χ3v) is 3.70. The number of rotatable bonds is 5. The van der Waals surface area contributed by atoms with Crippen molar-refractivity contribution < 1.29 is 9.50 Å². The van der Waals surface area contributed by atoms with E-state index >= 15 is 0 Å². The Morgan fingerprint density at radius 1 is 1.20 bits per heavy atom. The first-order valence-corrected chi connectivity index (χ1v) is 7.26. The van der Waals surface area contributed by atoms with Gasteiger partial charge < -0.3 is 10.4 Å². The Morgan fingerprint density at radius 2 is 1.95 bits per heavy atom. The maximum absolute atomic E-state index is 13.8. The fourth-order valence-electron chi connectivity index (χ4n) is 2.07. The second-order valence-corrected chi connectivity index (χ2v) is 5.66. The number of nitrogens with one attached hydrogen (secondary N) is 1. The lowest BCUT2D eigenvalue weighted by Gasteiger charge is -2.16. The molecular formula is C16H17BrFNO. The predicted molar refractivity (Wildman–Crippen MR) is 81.7 cm³/mol. The average molecular weight is 338 g/mol. The van der Waals surface area contributed by atoms with Crippen molar-refractivity contribution in [3.05, 3.63) is 69.4 Å². The molecule has 0 heterocycles. The Balaban J connectivity index is 2.04. The highest BCUT2D eigenvalue weighted by Crippen LogP contribution is 2.21. The van der Waals surface area contributed by atoms with E-state index in [0.717, 1.165) is 15.6 Å². The van der Waals surface area contributed by atoms with E-state index in [0.29, 0.717) is 12.1 Å². The van der Waals surface area contributed by atoms with Crippen molar-refractivity contribution in [3.8, 4) is 0 Å². The van der Waals surface area contributed by atoms with Crippen LogP contribution in [0.5, 0.6) is 0 Å². The van der Waals surface area contributed by atoms with Gasteiger partial charge in [-0.1, -0.05) is 40.2 Å². The summed E-state index contributed by atoms with van der Waals surface area (Å²) in [4.78, 5) is 0. The lowest BCUT2D eigenvalue weighted by atomic mass is 10.1. The lowest BCUT2D eigenvalue weighted by Crippen LogP contribution is -2.19. The van der Waals surface area contributed by atoms with Crippen molar-refractivity contribution in [2.45, 2.75) is 26.1 Å². The molecule has 2 aromatic rings. The normalized spacial score (nSPS) is 12.4. The summed E-state index contributed by atoms with van der Waals surface area (Å²) < 4.78 is 14.6. The van der Waals surface area contributed by atoms with Crippen molar-refractivity contribution >= 4 is 15.9 Å². The highest BCUT2D eigenvalue weighted by Gasteiger charge is 2.11. The van der Waals surface area contributed by atoms with Crippen molar-refractivity contribution in [2.24, 2.45) is 0 Å². The summed E-state index contributed by atoms with van der Waals surface area (Å²) in [5.74, 6) is -0.211. The van der Waals surface area contributed by atoms with Crippen LogP contribution >= 0.6 is 15.9 Å². The van der Waals surface area contributed by atoms with Crippen LogP contribution in [0.3, 0.4) is 0 Å². The smallest absolute Gasteiger partial charge is 0.128 e. The summed E-state index contributed by atoms with van der Waals surface area (Å²) >= 11 is 3.36. The molecule has 2 nitrogen and oxygen atoms in total. The Hall–Kier alpha value is -1.23. The van der Waals surface area contributed by atoms with Crippen LogP contribution in [0.2, 0.25) is 0 Å². The highest BCUT2D eigenvalue weighted by molar-refractivity contribution is 9.10. The van der Waals surface area contributed by atoms with Crippen molar-refractivity contribution in [2.75, 3.05) is 0 Å². The summed E-state index contributed by atoms with van der Waals surface area (Å²) in [6.45, 7) is 2.59. The van der Waals surface area contributed by atoms with Crippen LogP contribution in [0.1, 0.15) is 29.7 Å². The first kappa shape index (κ1) is 15.2. The number of hydrogen-bond donors (Lipinski definition) is 2. The molecule has 1 atom stereocenters. The van der Waals surface area contributed by atoms with Crippen molar-refractivity contribution in [1.29, 1.82) is 0 Å². The minimum atomic E-state index is -0.211. The first-order valence-electron chi connectivity index (χ1n) is 6.47. The predicted octanol–water partition coefficient (Wildman–Crippen LogP) is 3.93. The quantitative estimate of drug-likeness (QED) is 0.866. The molecule has 0 saturated carbocycles. The molecule has 0 aliphatic rings. The molecule has 2 N–H and O–H groups in total. The number of halogens is 2. The number of aliphatic hydroxyl groups is 1. The van der Waals surface area contributed by atoms with Gasteiger partial charge in [-0.3, -0.25) is 0 Å². The van der Waals surface area contributed by atoms with Crippen LogP contribution < -0.4 is 5.32 Å². The molecule has 0 radical (unpaired) electrons. The summed E-state index contributed by atoms with van der Waals surface area (Å²) in [7, 11) is 0. The number of aliphatic hydroxyl groups excluding tert-OH is 1. The van der Waals surface area contributed by atoms with E-state index in [2.05, 4.69) is 21.2 Å². The van der Waals surface area contributed by atoms with Gasteiger partial charge >= 0.3 is 0 Å². The molecule has 0 bridgehead atoms. The third kappa shape index (κ3) is 3.88. The Kier molecular flexibility index (Phi) is 5.29. The fraction of sp³-hybridized carbons (Fsp3) is 0.250. The van der Waals surface area contributed by atoms with Crippen LogP contribution in [-0.2, 0) is 13.2 Å². The minimum absolute atomic E-state index is 0.0314. The van der Waals surface area contributed by atoms with Gasteiger partial charge in [0.05, 0.1) is 6.61 Å². The molecule has 0 fully saturated rings. The molecule has 20 heavy (non-hydrogen) atoms. The maximum atomic E-state index is 13.8. The van der Waals surface area contributed by atoms with E-state index in [-0.39, 0.29) is 18.5 Å². The molecule has 0 aliphatic carbocycles. The molecule has 4 heteroatoms. The average Bonchev–Trinajstić information content (AvgIpc) is 2.47. The zero-order valence-corrected chi connectivity index (χ0v) is 12.8. The van der Waals surface area contributed by atoms with E-state index in [9.17, 15) is 4.39 Å². The standard InChI is InChI=1S/C16H17BrFNO/c1-11(15-8-14(17)5-6-16(15)18)19-9-12-3-2-4-13(7-12)10-20/h2-8,11,19-20H,9-10H2,1H3. The van der Waals surface area contributed by atoms with Gasteiger partial charge in [0.1, 0.15) is 5.82 Å².